The van der Waals surface area contributed by atoms with E-state index in [2.05, 4.69) is 44.9 Å². The third-order valence-electron chi connectivity index (χ3n) is 8.76. The van der Waals surface area contributed by atoms with Crippen LogP contribution in [0.3, 0.4) is 0 Å². The fourth-order valence-electron chi connectivity index (χ4n) is 6.57. The molecule has 3 aliphatic heterocycles. The third kappa shape index (κ3) is 6.68. The number of rotatable bonds is 10. The molecule has 0 bridgehead atoms. The van der Waals surface area contributed by atoms with E-state index < -0.39 is 0 Å². The van der Waals surface area contributed by atoms with Crippen LogP contribution in [0.15, 0.2) is 12.3 Å². The predicted octanol–water partition coefficient (Wildman–Crippen LogP) is 3.88. The molecule has 4 heterocycles. The molecule has 0 spiro atoms. The molecule has 202 valence electrons. The highest BCUT2D eigenvalue weighted by Crippen LogP contribution is 2.31. The van der Waals surface area contributed by atoms with Crippen molar-refractivity contribution >= 4 is 17.7 Å². The molecule has 2 unspecified atom stereocenters. The number of amides is 1. The smallest absolute Gasteiger partial charge is 0.225 e. The number of hydrogen-bond acceptors (Lipinski definition) is 7. The fraction of sp³-hybridized carbons (Fsp3) is 0.821. The molecule has 3 aliphatic rings. The molecular formula is C28H49N7O. The van der Waals surface area contributed by atoms with Crippen molar-refractivity contribution in [1.82, 2.24) is 19.8 Å². The van der Waals surface area contributed by atoms with Crippen LogP contribution >= 0.6 is 0 Å². The molecule has 3 saturated heterocycles. The Morgan fingerprint density at radius 3 is 2.44 bits per heavy atom. The summed E-state index contributed by atoms with van der Waals surface area (Å²) in [6, 6.07) is 3.36. The minimum Gasteiger partial charge on any atom is -0.356 e. The fourth-order valence-corrected chi connectivity index (χ4v) is 6.57. The lowest BCUT2D eigenvalue weighted by atomic mass is 9.96. The van der Waals surface area contributed by atoms with Gasteiger partial charge < -0.3 is 20.9 Å². The molecule has 8 heteroatoms. The zero-order chi connectivity index (χ0) is 25.3. The van der Waals surface area contributed by atoms with Crippen molar-refractivity contribution in [2.75, 3.05) is 49.5 Å². The maximum Gasteiger partial charge on any atom is 0.225 e. The maximum atomic E-state index is 12.9. The Labute approximate surface area is 218 Å². The zero-order valence-electron chi connectivity index (χ0n) is 22.7. The standard InChI is InChI=1S/C28H49N7O/c1-3-22(4-2)27(36)34-19-12-23(13-20-34)35-21-14-24(25(35)10-9-15-29)31-28-30-16-11-26(32-28)33-17-7-5-6-8-18-33/h11,16,22-25H,3-10,12-15,17-21,29H2,1-2H3,(H,30,31,32). The van der Waals surface area contributed by atoms with Gasteiger partial charge in [-0.15, -0.1) is 0 Å². The zero-order valence-corrected chi connectivity index (χ0v) is 22.7. The Bertz CT molecular complexity index is 801. The average molecular weight is 500 g/mol. The number of nitrogens with two attached hydrogens (primary N) is 1. The monoisotopic (exact) mass is 499 g/mol. The number of nitrogens with zero attached hydrogens (tertiary/aromatic N) is 5. The maximum absolute atomic E-state index is 12.9. The topological polar surface area (TPSA) is 90.6 Å². The summed E-state index contributed by atoms with van der Waals surface area (Å²) in [4.78, 5) is 29.7. The van der Waals surface area contributed by atoms with Crippen molar-refractivity contribution in [3.8, 4) is 0 Å². The summed E-state index contributed by atoms with van der Waals surface area (Å²) >= 11 is 0. The van der Waals surface area contributed by atoms with Crippen molar-refractivity contribution in [2.24, 2.45) is 11.7 Å². The molecule has 36 heavy (non-hydrogen) atoms. The molecular weight excluding hydrogens is 450 g/mol. The van der Waals surface area contributed by atoms with Gasteiger partial charge in [-0.25, -0.2) is 4.98 Å². The molecule has 0 radical (unpaired) electrons. The number of carbonyl (C=O) groups excluding carboxylic acids is 1. The van der Waals surface area contributed by atoms with E-state index in [1.165, 1.54) is 25.7 Å². The summed E-state index contributed by atoms with van der Waals surface area (Å²) in [5, 5.41) is 3.73. The van der Waals surface area contributed by atoms with E-state index >= 15 is 0 Å². The van der Waals surface area contributed by atoms with Crippen LogP contribution in [0.5, 0.6) is 0 Å². The second kappa shape index (κ2) is 13.6. The van der Waals surface area contributed by atoms with Crippen molar-refractivity contribution in [2.45, 2.75) is 103 Å². The van der Waals surface area contributed by atoms with E-state index in [-0.39, 0.29) is 5.92 Å². The van der Waals surface area contributed by atoms with Gasteiger partial charge in [-0.1, -0.05) is 26.7 Å². The van der Waals surface area contributed by atoms with Crippen LogP contribution in [-0.2, 0) is 4.79 Å². The van der Waals surface area contributed by atoms with Gasteiger partial charge in [0.05, 0.1) is 0 Å². The number of aromatic nitrogens is 2. The molecule has 1 amide bonds. The Morgan fingerprint density at radius 1 is 1.06 bits per heavy atom. The van der Waals surface area contributed by atoms with E-state index in [1.54, 1.807) is 0 Å². The van der Waals surface area contributed by atoms with E-state index in [0.717, 1.165) is 96.0 Å². The molecule has 8 nitrogen and oxygen atoms in total. The van der Waals surface area contributed by atoms with E-state index in [9.17, 15) is 4.79 Å². The largest absolute Gasteiger partial charge is 0.356 e. The summed E-state index contributed by atoms with van der Waals surface area (Å²) < 4.78 is 0. The van der Waals surface area contributed by atoms with Gasteiger partial charge in [-0.05, 0) is 70.4 Å². The second-order valence-corrected chi connectivity index (χ2v) is 11.0. The summed E-state index contributed by atoms with van der Waals surface area (Å²) in [5.41, 5.74) is 5.94. The third-order valence-corrected chi connectivity index (χ3v) is 8.76. The number of likely N-dealkylation sites (tertiary alicyclic amines) is 2. The lowest BCUT2D eigenvalue weighted by Gasteiger charge is -2.41. The summed E-state index contributed by atoms with van der Waals surface area (Å²) in [5.74, 6) is 2.36. The van der Waals surface area contributed by atoms with E-state index in [0.29, 0.717) is 24.0 Å². The SMILES string of the molecule is CCC(CC)C(=O)N1CCC(N2CCC(Nc3nccc(N4CCCCCC4)n3)C2CCCN)CC1. The number of anilines is 2. The van der Waals surface area contributed by atoms with Gasteiger partial charge in [0.15, 0.2) is 0 Å². The first-order valence-corrected chi connectivity index (χ1v) is 14.7. The van der Waals surface area contributed by atoms with Crippen LogP contribution in [-0.4, -0.2) is 83.1 Å². The van der Waals surface area contributed by atoms with Gasteiger partial charge >= 0.3 is 0 Å². The lowest BCUT2D eigenvalue weighted by Crippen LogP contribution is -2.51. The summed E-state index contributed by atoms with van der Waals surface area (Å²) in [7, 11) is 0. The van der Waals surface area contributed by atoms with Crippen LogP contribution in [0.1, 0.15) is 84.5 Å². The van der Waals surface area contributed by atoms with E-state index in [1.807, 2.05) is 6.20 Å². The molecule has 1 aromatic heterocycles. The second-order valence-electron chi connectivity index (χ2n) is 11.0. The Balaban J connectivity index is 1.38. The normalized spacial score (nSPS) is 24.3. The Morgan fingerprint density at radius 2 is 1.78 bits per heavy atom. The van der Waals surface area contributed by atoms with Gasteiger partial charge in [0.1, 0.15) is 5.82 Å². The number of piperidine rings is 1. The highest BCUT2D eigenvalue weighted by atomic mass is 16.2. The van der Waals surface area contributed by atoms with Crippen LogP contribution < -0.4 is 16.0 Å². The van der Waals surface area contributed by atoms with Crippen LogP contribution in [0.2, 0.25) is 0 Å². The molecule has 1 aromatic rings. The molecule has 3 N–H and O–H groups in total. The molecule has 2 atom stereocenters. The minimum atomic E-state index is 0.185. The number of nitrogens with one attached hydrogen (secondary N) is 1. The van der Waals surface area contributed by atoms with Gasteiger partial charge in [0, 0.05) is 63.0 Å². The van der Waals surface area contributed by atoms with Gasteiger partial charge in [-0.2, -0.15) is 4.98 Å². The highest BCUT2D eigenvalue weighted by molar-refractivity contribution is 5.78. The molecule has 0 aliphatic carbocycles. The van der Waals surface area contributed by atoms with Crippen molar-refractivity contribution in [3.05, 3.63) is 12.3 Å². The van der Waals surface area contributed by atoms with Crippen LogP contribution in [0, 0.1) is 5.92 Å². The minimum absolute atomic E-state index is 0.185. The summed E-state index contributed by atoms with van der Waals surface area (Å²) in [6.07, 6.45) is 14.3. The average Bonchev–Trinajstić information content (AvgIpc) is 3.11. The quantitative estimate of drug-likeness (QED) is 0.505. The van der Waals surface area contributed by atoms with Gasteiger partial charge in [-0.3, -0.25) is 9.69 Å². The number of carbonyl (C=O) groups is 1. The first kappa shape index (κ1) is 27.1. The van der Waals surface area contributed by atoms with Crippen molar-refractivity contribution in [3.63, 3.8) is 0 Å². The first-order valence-electron chi connectivity index (χ1n) is 14.7. The Kier molecular flexibility index (Phi) is 10.2. The molecule has 0 aromatic carbocycles. The van der Waals surface area contributed by atoms with Crippen molar-refractivity contribution in [1.29, 1.82) is 0 Å². The highest BCUT2D eigenvalue weighted by Gasteiger charge is 2.39. The predicted molar refractivity (Wildman–Crippen MR) is 147 cm³/mol. The lowest BCUT2D eigenvalue weighted by molar-refractivity contribution is -0.137. The molecule has 3 fully saturated rings. The van der Waals surface area contributed by atoms with Gasteiger partial charge in [0.2, 0.25) is 11.9 Å². The molecule has 0 saturated carbocycles. The molecule has 4 rings (SSSR count). The van der Waals surface area contributed by atoms with Crippen molar-refractivity contribution < 1.29 is 4.79 Å². The number of hydrogen-bond donors (Lipinski definition) is 2. The Hall–Kier alpha value is -1.93. The van der Waals surface area contributed by atoms with Crippen LogP contribution in [0.4, 0.5) is 11.8 Å². The first-order chi connectivity index (χ1) is 17.6. The van der Waals surface area contributed by atoms with Crippen LogP contribution in [0.25, 0.3) is 0 Å². The van der Waals surface area contributed by atoms with E-state index in [4.69, 9.17) is 10.7 Å². The summed E-state index contributed by atoms with van der Waals surface area (Å²) in [6.45, 7) is 10.0. The van der Waals surface area contributed by atoms with Gasteiger partial charge in [0.25, 0.3) is 0 Å².